The maximum Gasteiger partial charge on any atom is 0.0886 e. The second kappa shape index (κ2) is 14.6. The van der Waals surface area contributed by atoms with E-state index < -0.39 is 9.85 Å². The van der Waals surface area contributed by atoms with Gasteiger partial charge in [-0.15, -0.1) is 0 Å². The number of nitro benzene ring substituents is 1. The number of halogens is 2. The molecule has 3 aromatic rings. The predicted molar refractivity (Wildman–Crippen MR) is 131 cm³/mol. The molecule has 0 saturated heterocycles. The molecule has 0 radical (unpaired) electrons. The van der Waals surface area contributed by atoms with Crippen molar-refractivity contribution >= 4 is 42.2 Å². The first-order valence-electron chi connectivity index (χ1n) is 9.49. The third-order valence-corrected chi connectivity index (χ3v) is 4.09. The summed E-state index contributed by atoms with van der Waals surface area (Å²) >= 11 is -0.346. The summed E-state index contributed by atoms with van der Waals surface area (Å²) in [4.78, 5) is 32.5. The van der Waals surface area contributed by atoms with Crippen molar-refractivity contribution in [2.45, 2.75) is 0 Å². The minimum atomic E-state index is -0.575. The van der Waals surface area contributed by atoms with Crippen LogP contribution in [0.4, 0.5) is 11.4 Å². The van der Waals surface area contributed by atoms with Crippen LogP contribution in [0, 0.1) is 25.6 Å². The van der Waals surface area contributed by atoms with Crippen LogP contribution in [-0.4, -0.2) is 31.2 Å². The van der Waals surface area contributed by atoms with Crippen LogP contribution >= 0.6 is 19.4 Å². The Morgan fingerprint density at radius 2 is 1.37 bits per heavy atom. The van der Waals surface area contributed by atoms with Gasteiger partial charge in [0, 0.05) is 36.7 Å². The van der Waals surface area contributed by atoms with E-state index in [9.17, 15) is 20.2 Å². The standard InChI is InChI=1S/C12H8N4O4.C10H8N2.2ClH.Ru/c13-11-6-5-10(16(19)20)7-12(11)14-8-1-3-9(4-2-8)15(17)18;1-3-7-11-9(5-1)10-6-2-4-8-12-10;;;/h1-7,13H;1-8H;2*1H;/q;;;;+2/p-2. The van der Waals surface area contributed by atoms with Gasteiger partial charge in [-0.1, -0.05) is 12.1 Å². The van der Waals surface area contributed by atoms with E-state index in [1.54, 1.807) is 12.4 Å². The van der Waals surface area contributed by atoms with Gasteiger partial charge in [-0.05, 0) is 42.5 Å². The van der Waals surface area contributed by atoms with Gasteiger partial charge in [0.2, 0.25) is 0 Å². The van der Waals surface area contributed by atoms with Gasteiger partial charge in [-0.25, -0.2) is 4.99 Å². The zero-order chi connectivity index (χ0) is 25.6. The van der Waals surface area contributed by atoms with E-state index >= 15 is 0 Å². The normalized spacial score (nSPS) is 13.1. The van der Waals surface area contributed by atoms with Gasteiger partial charge >= 0.3 is 34.5 Å². The Morgan fingerprint density at radius 3 is 1.80 bits per heavy atom. The summed E-state index contributed by atoms with van der Waals surface area (Å²) in [6.07, 6.45) is 7.22. The Hall–Kier alpha value is -3.66. The first-order valence-corrected chi connectivity index (χ1v) is 14.0. The molecule has 10 nitrogen and oxygen atoms in total. The number of nitro groups is 2. The monoisotopic (exact) mass is 600 g/mol. The number of rotatable bonds is 4. The number of nitrogens with zero attached hydrogens (tertiary/aromatic N) is 5. The number of benzene rings is 1. The van der Waals surface area contributed by atoms with Crippen LogP contribution < -0.4 is 0 Å². The molecule has 4 rings (SSSR count). The molecule has 2 aromatic heterocycles. The maximum absolute atomic E-state index is 10.7. The fourth-order valence-electron chi connectivity index (χ4n) is 2.54. The van der Waals surface area contributed by atoms with Gasteiger partial charge in [0.25, 0.3) is 11.4 Å². The second-order valence-corrected chi connectivity index (χ2v) is 8.96. The van der Waals surface area contributed by atoms with Gasteiger partial charge in [-0.2, -0.15) is 0 Å². The van der Waals surface area contributed by atoms with Crippen LogP contribution in [0.2, 0.25) is 0 Å². The molecule has 0 amide bonds. The van der Waals surface area contributed by atoms with E-state index in [4.69, 9.17) is 24.8 Å². The number of hydrogen-bond acceptors (Lipinski definition) is 8. The SMILES string of the molecule is N=C1C=CC([N+](=O)[O-])=CC1=Nc1ccc([N+](=O)[O-])cc1.[Cl][Ru][Cl].c1ccc(-c2ccccn2)nc1. The number of aromatic nitrogens is 2. The molecule has 1 aliphatic carbocycles. The van der Waals surface area contributed by atoms with Crippen molar-refractivity contribution < 1.29 is 25.0 Å². The van der Waals surface area contributed by atoms with Crippen molar-refractivity contribution in [2.75, 3.05) is 0 Å². The summed E-state index contributed by atoms with van der Waals surface area (Å²) in [7, 11) is 9.71. The Labute approximate surface area is 215 Å². The third kappa shape index (κ3) is 9.25. The number of nitrogens with one attached hydrogen (secondary N) is 1. The Balaban J connectivity index is 0.000000243. The molecule has 1 aromatic carbocycles. The maximum atomic E-state index is 10.7. The molecular formula is C22H16Cl2N6O4Ru. The molecule has 2 heterocycles. The molecule has 13 heteroatoms. The topological polar surface area (TPSA) is 148 Å². The molecule has 0 unspecified atom stereocenters. The van der Waals surface area contributed by atoms with E-state index in [1.165, 1.54) is 42.5 Å². The van der Waals surface area contributed by atoms with Crippen molar-refractivity contribution in [3.05, 3.63) is 117 Å². The molecule has 1 aliphatic rings. The molecule has 1 N–H and O–H groups in total. The number of aliphatic imine (C=N–C) groups is 1. The number of pyridine rings is 2. The molecule has 180 valence electrons. The van der Waals surface area contributed by atoms with Crippen molar-refractivity contribution in [3.63, 3.8) is 0 Å². The van der Waals surface area contributed by atoms with E-state index in [1.807, 2.05) is 36.4 Å². The predicted octanol–water partition coefficient (Wildman–Crippen LogP) is 5.94. The van der Waals surface area contributed by atoms with E-state index in [0.717, 1.165) is 11.4 Å². The quantitative estimate of drug-likeness (QED) is 0.170. The van der Waals surface area contributed by atoms with Crippen LogP contribution in [0.3, 0.4) is 0 Å². The van der Waals surface area contributed by atoms with Gasteiger partial charge in [0.15, 0.2) is 0 Å². The van der Waals surface area contributed by atoms with Crippen molar-refractivity contribution in [3.8, 4) is 11.4 Å². The Morgan fingerprint density at radius 1 is 0.829 bits per heavy atom. The zero-order valence-electron chi connectivity index (χ0n) is 17.6. The smallest absolute Gasteiger partial charge is 0.0886 e. The molecule has 0 atom stereocenters. The fraction of sp³-hybridized carbons (Fsp3) is 0. The van der Waals surface area contributed by atoms with Gasteiger partial charge in [0.1, 0.15) is 0 Å². The summed E-state index contributed by atoms with van der Waals surface area (Å²) in [5.74, 6) is 0. The average Bonchev–Trinajstić information content (AvgIpc) is 2.87. The third-order valence-electron chi connectivity index (χ3n) is 4.09. The zero-order valence-corrected chi connectivity index (χ0v) is 20.9. The molecular weight excluding hydrogens is 584 g/mol. The number of hydrogen-bond donors (Lipinski definition) is 1. The molecule has 0 spiro atoms. The largest absolute Gasteiger partial charge is 0.255 e. The number of allylic oxidation sites excluding steroid dienone is 3. The van der Waals surface area contributed by atoms with Crippen LogP contribution in [-0.2, 0) is 15.1 Å². The Bertz CT molecular complexity index is 1220. The Kier molecular flexibility index (Phi) is 11.5. The average molecular weight is 600 g/mol. The summed E-state index contributed by atoms with van der Waals surface area (Å²) in [6.45, 7) is 0. The van der Waals surface area contributed by atoms with Crippen molar-refractivity contribution in [2.24, 2.45) is 4.99 Å². The first-order chi connectivity index (χ1) is 16.8. The summed E-state index contributed by atoms with van der Waals surface area (Å²) < 4.78 is 0. The van der Waals surface area contributed by atoms with Crippen LogP contribution in [0.15, 0.2) is 102 Å². The fourth-order valence-corrected chi connectivity index (χ4v) is 2.54. The van der Waals surface area contributed by atoms with E-state index in [2.05, 4.69) is 15.0 Å². The first kappa shape index (κ1) is 27.6. The van der Waals surface area contributed by atoms with Crippen LogP contribution in [0.1, 0.15) is 0 Å². The summed E-state index contributed by atoms with van der Waals surface area (Å²) in [5, 5.41) is 28.8. The van der Waals surface area contributed by atoms with Crippen molar-refractivity contribution in [1.82, 2.24) is 9.97 Å². The summed E-state index contributed by atoms with van der Waals surface area (Å²) in [5.41, 5.74) is 2.14. The minimum Gasteiger partial charge on any atom is -0.255 e. The summed E-state index contributed by atoms with van der Waals surface area (Å²) in [6, 6.07) is 17.0. The molecule has 0 bridgehead atoms. The van der Waals surface area contributed by atoms with Gasteiger partial charge in [0.05, 0.1) is 38.3 Å². The number of non-ortho nitro benzene ring substituents is 1. The second-order valence-electron chi connectivity index (χ2n) is 6.32. The minimum absolute atomic E-state index is 0.0361. The van der Waals surface area contributed by atoms with Gasteiger partial charge in [-0.3, -0.25) is 35.6 Å². The van der Waals surface area contributed by atoms with Crippen molar-refractivity contribution in [1.29, 1.82) is 5.41 Å². The molecule has 0 saturated carbocycles. The van der Waals surface area contributed by atoms with E-state index in [-0.39, 0.29) is 38.0 Å². The van der Waals surface area contributed by atoms with Gasteiger partial charge < -0.3 is 0 Å². The molecule has 0 fully saturated rings. The molecule has 0 aliphatic heterocycles. The van der Waals surface area contributed by atoms with E-state index in [0.29, 0.717) is 5.69 Å². The molecule has 35 heavy (non-hydrogen) atoms. The van der Waals surface area contributed by atoms with Crippen LogP contribution in [0.5, 0.6) is 0 Å². The van der Waals surface area contributed by atoms with Crippen LogP contribution in [0.25, 0.3) is 11.4 Å².